The minimum atomic E-state index is -0.545. The molecule has 2 amide bonds. The lowest BCUT2D eigenvalue weighted by Gasteiger charge is -2.15. The molecule has 156 valence electrons. The Morgan fingerprint density at radius 3 is 2.16 bits per heavy atom. The molecule has 0 fully saturated rings. The van der Waals surface area contributed by atoms with Crippen LogP contribution in [0, 0.1) is 0 Å². The van der Waals surface area contributed by atoms with Gasteiger partial charge in [0.2, 0.25) is 0 Å². The van der Waals surface area contributed by atoms with Gasteiger partial charge in [-0.3, -0.25) is 25.2 Å². The van der Waals surface area contributed by atoms with Crippen LogP contribution in [0.15, 0.2) is 71.5 Å². The molecule has 0 saturated carbocycles. The summed E-state index contributed by atoms with van der Waals surface area (Å²) in [5.41, 5.74) is 6.20. The van der Waals surface area contributed by atoms with Crippen molar-refractivity contribution in [2.24, 2.45) is 0 Å². The van der Waals surface area contributed by atoms with Crippen molar-refractivity contribution in [1.29, 1.82) is 0 Å². The van der Waals surface area contributed by atoms with Crippen molar-refractivity contribution in [1.82, 2.24) is 15.4 Å². The Bertz CT molecular complexity index is 1320. The summed E-state index contributed by atoms with van der Waals surface area (Å²) in [6.07, 6.45) is 0. The van der Waals surface area contributed by atoms with E-state index >= 15 is 0 Å². The number of nitrogens with zero attached hydrogens (tertiary/aromatic N) is 1. The number of nitrogens with one attached hydrogen (secondary N) is 2. The largest absolute Gasteiger partial charge is 0.496 e. The molecule has 1 aromatic heterocycles. The van der Waals surface area contributed by atoms with E-state index in [4.69, 9.17) is 16.3 Å². The van der Waals surface area contributed by atoms with Crippen LogP contribution in [-0.4, -0.2) is 23.5 Å². The van der Waals surface area contributed by atoms with Crippen LogP contribution in [0.2, 0.25) is 5.02 Å². The first kappa shape index (κ1) is 20.4. The molecule has 0 aliphatic rings. The SMILES string of the molecule is COc1cc(Cl)ccc1C(=O)NNC(=O)Cn1c2ccccc2c(=O)c2ccccc21. The van der Waals surface area contributed by atoms with Crippen LogP contribution in [0.25, 0.3) is 21.8 Å². The lowest BCUT2D eigenvalue weighted by Crippen LogP contribution is -2.43. The predicted molar refractivity (Wildman–Crippen MR) is 119 cm³/mol. The first-order chi connectivity index (χ1) is 15.0. The van der Waals surface area contributed by atoms with Gasteiger partial charge in [0.1, 0.15) is 12.3 Å². The van der Waals surface area contributed by atoms with Crippen molar-refractivity contribution >= 4 is 45.2 Å². The van der Waals surface area contributed by atoms with Crippen molar-refractivity contribution in [3.63, 3.8) is 0 Å². The lowest BCUT2D eigenvalue weighted by molar-refractivity contribution is -0.122. The molecule has 8 heteroatoms. The monoisotopic (exact) mass is 435 g/mol. The fourth-order valence-electron chi connectivity index (χ4n) is 3.48. The van der Waals surface area contributed by atoms with Crippen LogP contribution in [-0.2, 0) is 11.3 Å². The second-order valence-corrected chi connectivity index (χ2v) is 7.23. The maximum absolute atomic E-state index is 12.8. The van der Waals surface area contributed by atoms with E-state index in [-0.39, 0.29) is 23.3 Å². The highest BCUT2D eigenvalue weighted by atomic mass is 35.5. The number of pyridine rings is 1. The Labute approximate surface area is 182 Å². The lowest BCUT2D eigenvalue weighted by atomic mass is 10.1. The number of carbonyl (C=O) groups is 2. The number of methoxy groups -OCH3 is 1. The summed E-state index contributed by atoms with van der Waals surface area (Å²) in [5, 5.41) is 1.46. The van der Waals surface area contributed by atoms with Gasteiger partial charge in [-0.25, -0.2) is 0 Å². The molecular formula is C23H18ClN3O4. The van der Waals surface area contributed by atoms with Crippen molar-refractivity contribution in [3.8, 4) is 5.75 Å². The second-order valence-electron chi connectivity index (χ2n) is 6.80. The van der Waals surface area contributed by atoms with Gasteiger partial charge in [0.05, 0.1) is 23.7 Å². The number of hydrogen-bond acceptors (Lipinski definition) is 4. The highest BCUT2D eigenvalue weighted by Gasteiger charge is 2.15. The average molecular weight is 436 g/mol. The van der Waals surface area contributed by atoms with Gasteiger partial charge in [0.15, 0.2) is 5.43 Å². The number of hydrazine groups is 1. The summed E-state index contributed by atoms with van der Waals surface area (Å²) in [6, 6.07) is 18.8. The first-order valence-corrected chi connectivity index (χ1v) is 9.80. The third-order valence-electron chi connectivity index (χ3n) is 4.90. The molecule has 0 unspecified atom stereocenters. The van der Waals surface area contributed by atoms with E-state index < -0.39 is 11.8 Å². The highest BCUT2D eigenvalue weighted by molar-refractivity contribution is 6.30. The third kappa shape index (κ3) is 3.95. The number of rotatable bonds is 4. The number of amides is 2. The molecule has 0 aliphatic heterocycles. The summed E-state index contributed by atoms with van der Waals surface area (Å²) in [5.74, 6) is -0.714. The topological polar surface area (TPSA) is 89.4 Å². The van der Waals surface area contributed by atoms with Gasteiger partial charge in [-0.2, -0.15) is 0 Å². The number of aromatic nitrogens is 1. The number of fused-ring (bicyclic) bond motifs is 2. The zero-order chi connectivity index (χ0) is 22.0. The van der Waals surface area contributed by atoms with Crippen LogP contribution in [0.1, 0.15) is 10.4 Å². The van der Waals surface area contributed by atoms with Gasteiger partial charge in [-0.15, -0.1) is 0 Å². The number of hydrogen-bond donors (Lipinski definition) is 2. The zero-order valence-electron chi connectivity index (χ0n) is 16.5. The predicted octanol–water partition coefficient (Wildman–Crippen LogP) is 3.28. The Morgan fingerprint density at radius 2 is 1.55 bits per heavy atom. The number of ether oxygens (including phenoxy) is 1. The minimum absolute atomic E-state index is 0.0917. The van der Waals surface area contributed by atoms with E-state index in [1.807, 2.05) is 0 Å². The molecule has 7 nitrogen and oxygen atoms in total. The quantitative estimate of drug-likeness (QED) is 0.380. The van der Waals surface area contributed by atoms with Gasteiger partial charge >= 0.3 is 0 Å². The summed E-state index contributed by atoms with van der Waals surface area (Å²) < 4.78 is 6.91. The van der Waals surface area contributed by atoms with E-state index in [1.54, 1.807) is 59.2 Å². The fraction of sp³-hybridized carbons (Fsp3) is 0.0870. The fourth-order valence-corrected chi connectivity index (χ4v) is 3.64. The third-order valence-corrected chi connectivity index (χ3v) is 5.14. The van der Waals surface area contributed by atoms with E-state index in [1.165, 1.54) is 19.2 Å². The molecule has 31 heavy (non-hydrogen) atoms. The molecule has 3 aromatic carbocycles. The molecule has 0 atom stereocenters. The normalized spacial score (nSPS) is 10.8. The van der Waals surface area contributed by atoms with Crippen LogP contribution in [0.5, 0.6) is 5.75 Å². The maximum atomic E-state index is 12.8. The molecule has 0 bridgehead atoms. The van der Waals surface area contributed by atoms with Crippen molar-refractivity contribution in [2.75, 3.05) is 7.11 Å². The molecule has 0 radical (unpaired) electrons. The van der Waals surface area contributed by atoms with Crippen LogP contribution in [0.3, 0.4) is 0 Å². The summed E-state index contributed by atoms with van der Waals surface area (Å²) >= 11 is 5.92. The van der Waals surface area contributed by atoms with Crippen LogP contribution >= 0.6 is 11.6 Å². The summed E-state index contributed by atoms with van der Waals surface area (Å²) in [4.78, 5) is 37.9. The Hall–Kier alpha value is -3.84. The highest BCUT2D eigenvalue weighted by Crippen LogP contribution is 2.23. The van der Waals surface area contributed by atoms with Crippen LogP contribution in [0.4, 0.5) is 0 Å². The van der Waals surface area contributed by atoms with Crippen molar-refractivity contribution in [2.45, 2.75) is 6.54 Å². The number of para-hydroxylation sites is 2. The zero-order valence-corrected chi connectivity index (χ0v) is 17.3. The Kier molecular flexibility index (Phi) is 5.60. The van der Waals surface area contributed by atoms with Gasteiger partial charge in [-0.1, -0.05) is 35.9 Å². The van der Waals surface area contributed by atoms with Gasteiger partial charge in [-0.05, 0) is 42.5 Å². The minimum Gasteiger partial charge on any atom is -0.496 e. The summed E-state index contributed by atoms with van der Waals surface area (Å²) in [7, 11) is 1.42. The number of benzene rings is 3. The van der Waals surface area contributed by atoms with Gasteiger partial charge < -0.3 is 9.30 Å². The molecule has 0 spiro atoms. The number of halogens is 1. The molecule has 4 rings (SSSR count). The summed E-state index contributed by atoms with van der Waals surface area (Å²) in [6.45, 7) is -0.0979. The average Bonchev–Trinajstić information content (AvgIpc) is 2.80. The smallest absolute Gasteiger partial charge is 0.273 e. The van der Waals surface area contributed by atoms with Gasteiger partial charge in [0, 0.05) is 15.8 Å². The van der Waals surface area contributed by atoms with E-state index in [0.29, 0.717) is 26.8 Å². The van der Waals surface area contributed by atoms with E-state index in [9.17, 15) is 14.4 Å². The first-order valence-electron chi connectivity index (χ1n) is 9.42. The molecule has 1 heterocycles. The molecule has 4 aromatic rings. The maximum Gasteiger partial charge on any atom is 0.273 e. The molecular weight excluding hydrogens is 418 g/mol. The molecule has 0 aliphatic carbocycles. The Balaban J connectivity index is 1.60. The van der Waals surface area contributed by atoms with E-state index in [2.05, 4.69) is 10.9 Å². The molecule has 0 saturated heterocycles. The van der Waals surface area contributed by atoms with Crippen LogP contribution < -0.4 is 21.0 Å². The van der Waals surface area contributed by atoms with Gasteiger partial charge in [0.25, 0.3) is 11.8 Å². The Morgan fingerprint density at radius 1 is 0.935 bits per heavy atom. The molecule has 2 N–H and O–H groups in total. The second kappa shape index (κ2) is 8.49. The van der Waals surface area contributed by atoms with Crippen molar-refractivity contribution in [3.05, 3.63) is 87.5 Å². The number of carbonyl (C=O) groups excluding carboxylic acids is 2. The van der Waals surface area contributed by atoms with E-state index in [0.717, 1.165) is 0 Å². The van der Waals surface area contributed by atoms with Crippen molar-refractivity contribution < 1.29 is 14.3 Å². The standard InChI is InChI=1S/C23H18ClN3O4/c1-31-20-12-14(24)10-11-17(20)23(30)26-25-21(28)13-27-18-8-4-2-6-15(18)22(29)16-7-3-5-9-19(16)27/h2-12H,13H2,1H3,(H,25,28)(H,26,30).